The molecule has 3 N–H and O–H groups in total. The Hall–Kier alpha value is -3.37. The molecule has 2 aliphatic rings. The first-order valence-electron chi connectivity index (χ1n) is 11.1. The number of nitrogens with one attached hydrogen (secondary N) is 3. The molecule has 1 aromatic heterocycles. The summed E-state index contributed by atoms with van der Waals surface area (Å²) in [6.45, 7) is 1.00. The first kappa shape index (κ1) is 23.8. The van der Waals surface area contributed by atoms with Crippen LogP contribution in [0.15, 0.2) is 36.5 Å². The number of anilines is 3. The zero-order chi connectivity index (χ0) is 24.3. The number of rotatable bonds is 6. The molecule has 182 valence electrons. The van der Waals surface area contributed by atoms with Gasteiger partial charge in [0.05, 0.1) is 23.7 Å². The summed E-state index contributed by atoms with van der Waals surface area (Å²) in [6.07, 6.45) is -2.75. The molecular weight excluding hydrogens is 454 g/mol. The number of pyridine rings is 1. The van der Waals surface area contributed by atoms with Crippen LogP contribution >= 0.6 is 0 Å². The van der Waals surface area contributed by atoms with Crippen molar-refractivity contribution in [1.29, 1.82) is 0 Å². The highest BCUT2D eigenvalue weighted by atomic mass is 19.4. The van der Waals surface area contributed by atoms with Crippen LogP contribution in [0.4, 0.5) is 34.8 Å². The highest BCUT2D eigenvalue weighted by molar-refractivity contribution is 5.89. The van der Waals surface area contributed by atoms with Crippen LogP contribution in [0.2, 0.25) is 0 Å². The van der Waals surface area contributed by atoms with E-state index in [9.17, 15) is 27.2 Å². The van der Waals surface area contributed by atoms with Crippen LogP contribution in [-0.2, 0) is 16.1 Å². The number of benzene rings is 1. The molecule has 2 fully saturated rings. The van der Waals surface area contributed by atoms with Gasteiger partial charge in [-0.25, -0.2) is 9.37 Å². The van der Waals surface area contributed by atoms with Crippen LogP contribution in [-0.4, -0.2) is 42.6 Å². The van der Waals surface area contributed by atoms with E-state index in [1.165, 1.54) is 12.3 Å². The van der Waals surface area contributed by atoms with Gasteiger partial charge >= 0.3 is 6.18 Å². The van der Waals surface area contributed by atoms with Gasteiger partial charge in [0.2, 0.25) is 11.8 Å². The quantitative estimate of drug-likeness (QED) is 0.553. The maximum Gasteiger partial charge on any atom is 0.391 e. The van der Waals surface area contributed by atoms with E-state index in [-0.39, 0.29) is 55.8 Å². The largest absolute Gasteiger partial charge is 0.391 e. The van der Waals surface area contributed by atoms with Crippen molar-refractivity contribution in [3.8, 4) is 0 Å². The van der Waals surface area contributed by atoms with Gasteiger partial charge in [-0.15, -0.1) is 0 Å². The van der Waals surface area contributed by atoms with E-state index in [1.807, 2.05) is 0 Å². The molecule has 11 heteroatoms. The van der Waals surface area contributed by atoms with Gasteiger partial charge in [0.15, 0.2) is 5.82 Å². The lowest BCUT2D eigenvalue weighted by Gasteiger charge is -2.33. The number of alkyl halides is 3. The van der Waals surface area contributed by atoms with Crippen molar-refractivity contribution in [3.63, 3.8) is 0 Å². The van der Waals surface area contributed by atoms with E-state index < -0.39 is 17.9 Å². The molecule has 2 aliphatic heterocycles. The molecule has 2 aromatic rings. The average molecular weight is 479 g/mol. The second-order valence-corrected chi connectivity index (χ2v) is 8.57. The fourth-order valence-corrected chi connectivity index (χ4v) is 4.11. The first-order chi connectivity index (χ1) is 16.2. The summed E-state index contributed by atoms with van der Waals surface area (Å²) < 4.78 is 53.2. The smallest absolute Gasteiger partial charge is 0.357 e. The van der Waals surface area contributed by atoms with Crippen LogP contribution < -0.4 is 20.9 Å². The van der Waals surface area contributed by atoms with Gasteiger partial charge in [-0.2, -0.15) is 13.2 Å². The number of hydrogen-bond donors (Lipinski definition) is 3. The van der Waals surface area contributed by atoms with Gasteiger partial charge in [0, 0.05) is 44.4 Å². The predicted molar refractivity (Wildman–Crippen MR) is 118 cm³/mol. The van der Waals surface area contributed by atoms with Crippen LogP contribution in [0.1, 0.15) is 24.8 Å². The molecule has 7 nitrogen and oxygen atoms in total. The van der Waals surface area contributed by atoms with Crippen LogP contribution in [0, 0.1) is 17.7 Å². The minimum Gasteiger partial charge on any atom is -0.357 e. The summed E-state index contributed by atoms with van der Waals surface area (Å²) in [5, 5.41) is 8.36. The lowest BCUT2D eigenvalue weighted by molar-refractivity contribution is -0.179. The molecule has 4 rings (SSSR count). The minimum absolute atomic E-state index is 0.0325. The van der Waals surface area contributed by atoms with Crippen molar-refractivity contribution < 1.29 is 27.2 Å². The van der Waals surface area contributed by atoms with Crippen LogP contribution in [0.3, 0.4) is 0 Å². The van der Waals surface area contributed by atoms with E-state index in [0.29, 0.717) is 24.6 Å². The lowest BCUT2D eigenvalue weighted by Crippen LogP contribution is -2.39. The summed E-state index contributed by atoms with van der Waals surface area (Å²) in [5.74, 6) is -2.24. The predicted octanol–water partition coefficient (Wildman–Crippen LogP) is 3.50. The monoisotopic (exact) mass is 479 g/mol. The van der Waals surface area contributed by atoms with Gasteiger partial charge in [-0.1, -0.05) is 12.1 Å². The second kappa shape index (κ2) is 9.86. The number of carbonyl (C=O) groups excluding carboxylic acids is 2. The fourth-order valence-electron chi connectivity index (χ4n) is 4.11. The Morgan fingerprint density at radius 1 is 1.18 bits per heavy atom. The molecule has 2 saturated heterocycles. The van der Waals surface area contributed by atoms with Crippen molar-refractivity contribution in [2.75, 3.05) is 29.9 Å². The van der Waals surface area contributed by atoms with Crippen molar-refractivity contribution >= 4 is 29.0 Å². The van der Waals surface area contributed by atoms with E-state index >= 15 is 0 Å². The molecule has 1 atom stereocenters. The van der Waals surface area contributed by atoms with Gasteiger partial charge < -0.3 is 20.9 Å². The SMILES string of the molecule is O=C1CC(C(=O)NCc2ccc(Nc3cnc(N4CCC(C(F)(F)F)CC4)cc3F)cc2)CN1. The molecule has 34 heavy (non-hydrogen) atoms. The summed E-state index contributed by atoms with van der Waals surface area (Å²) in [6, 6.07) is 8.26. The number of nitrogens with zero attached hydrogens (tertiary/aromatic N) is 2. The normalized spacial score (nSPS) is 19.1. The molecule has 0 aliphatic carbocycles. The third-order valence-electron chi connectivity index (χ3n) is 6.17. The zero-order valence-corrected chi connectivity index (χ0v) is 18.3. The third-order valence-corrected chi connectivity index (χ3v) is 6.17. The number of amides is 2. The molecule has 1 aromatic carbocycles. The highest BCUT2D eigenvalue weighted by Gasteiger charge is 2.41. The number of halogens is 4. The first-order valence-corrected chi connectivity index (χ1v) is 11.1. The topological polar surface area (TPSA) is 86.4 Å². The number of carbonyl (C=O) groups is 2. The Labute approximate surface area is 193 Å². The standard InChI is InChI=1S/C23H25F4N5O2/c24-18-10-20(32-7-5-16(6-8-32)23(25,26)27)28-13-19(18)31-17-3-1-14(2-4-17)11-30-22(34)15-9-21(33)29-12-15/h1-4,10,13,15-16,31H,5-9,11-12H2,(H,29,33)(H,30,34). The van der Waals surface area contributed by atoms with E-state index in [0.717, 1.165) is 5.56 Å². The summed E-state index contributed by atoms with van der Waals surface area (Å²) in [7, 11) is 0. The Balaban J connectivity index is 1.30. The number of aromatic nitrogens is 1. The summed E-state index contributed by atoms with van der Waals surface area (Å²) in [4.78, 5) is 29.2. The Morgan fingerprint density at radius 3 is 2.47 bits per heavy atom. The molecular formula is C23H25F4N5O2. The minimum atomic E-state index is -4.20. The molecule has 1 unspecified atom stereocenters. The van der Waals surface area contributed by atoms with E-state index in [2.05, 4.69) is 20.9 Å². The molecule has 0 saturated carbocycles. The zero-order valence-electron chi connectivity index (χ0n) is 18.3. The molecule has 2 amide bonds. The van der Waals surface area contributed by atoms with E-state index in [1.54, 1.807) is 29.2 Å². The van der Waals surface area contributed by atoms with Gasteiger partial charge in [0.1, 0.15) is 5.82 Å². The molecule has 0 spiro atoms. The maximum absolute atomic E-state index is 14.6. The lowest BCUT2D eigenvalue weighted by atomic mass is 9.96. The van der Waals surface area contributed by atoms with Crippen molar-refractivity contribution in [2.45, 2.75) is 32.0 Å². The van der Waals surface area contributed by atoms with Crippen molar-refractivity contribution in [3.05, 3.63) is 47.9 Å². The highest BCUT2D eigenvalue weighted by Crippen LogP contribution is 2.35. The Kier molecular flexibility index (Phi) is 6.90. The van der Waals surface area contributed by atoms with Crippen LogP contribution in [0.25, 0.3) is 0 Å². The van der Waals surface area contributed by atoms with Crippen LogP contribution in [0.5, 0.6) is 0 Å². The second-order valence-electron chi connectivity index (χ2n) is 8.57. The van der Waals surface area contributed by atoms with Gasteiger partial charge in [-0.3, -0.25) is 9.59 Å². The Bertz CT molecular complexity index is 1040. The molecule has 0 radical (unpaired) electrons. The number of hydrogen-bond acceptors (Lipinski definition) is 5. The maximum atomic E-state index is 14.6. The van der Waals surface area contributed by atoms with Gasteiger partial charge in [-0.05, 0) is 30.5 Å². The van der Waals surface area contributed by atoms with Crippen molar-refractivity contribution in [1.82, 2.24) is 15.6 Å². The average Bonchev–Trinajstić information content (AvgIpc) is 3.25. The molecule has 3 heterocycles. The third kappa shape index (κ3) is 5.75. The molecule has 0 bridgehead atoms. The summed E-state index contributed by atoms with van der Waals surface area (Å²) in [5.41, 5.74) is 1.60. The van der Waals surface area contributed by atoms with E-state index in [4.69, 9.17) is 0 Å². The fraction of sp³-hybridized carbons (Fsp3) is 0.435. The number of piperidine rings is 1. The Morgan fingerprint density at radius 2 is 1.88 bits per heavy atom. The summed E-state index contributed by atoms with van der Waals surface area (Å²) >= 11 is 0. The van der Waals surface area contributed by atoms with Gasteiger partial charge in [0.25, 0.3) is 0 Å². The van der Waals surface area contributed by atoms with Crippen molar-refractivity contribution in [2.24, 2.45) is 11.8 Å².